The predicted octanol–water partition coefficient (Wildman–Crippen LogP) is 1.03. The van der Waals surface area contributed by atoms with Gasteiger partial charge in [-0.3, -0.25) is 4.79 Å². The monoisotopic (exact) mass is 319 g/mol. The van der Waals surface area contributed by atoms with Crippen LogP contribution in [0.2, 0.25) is 0 Å². The maximum absolute atomic E-state index is 11.8. The van der Waals surface area contributed by atoms with Crippen LogP contribution in [0, 0.1) is 0 Å². The minimum absolute atomic E-state index is 0.0629. The number of amides is 1. The largest absolute Gasteiger partial charge is 0.494 e. The van der Waals surface area contributed by atoms with Crippen LogP contribution in [-0.4, -0.2) is 42.0 Å². The SMILES string of the molecule is CC(CO)NC(=O)Cc1ccc(B2OC(C)(C)C(C)(C)O2)cc1. The second-order valence-corrected chi connectivity index (χ2v) is 7.16. The number of nitrogens with one attached hydrogen (secondary N) is 1. The molecule has 1 unspecified atom stereocenters. The first kappa shape index (κ1) is 18.0. The van der Waals surface area contributed by atoms with Crippen molar-refractivity contribution in [2.24, 2.45) is 0 Å². The molecule has 23 heavy (non-hydrogen) atoms. The highest BCUT2D eigenvalue weighted by Gasteiger charge is 2.51. The summed E-state index contributed by atoms with van der Waals surface area (Å²) in [6.07, 6.45) is 0.286. The molecule has 1 aliphatic rings. The topological polar surface area (TPSA) is 67.8 Å². The molecule has 0 spiro atoms. The lowest BCUT2D eigenvalue weighted by atomic mass is 9.79. The van der Waals surface area contributed by atoms with Crippen LogP contribution in [0.1, 0.15) is 40.2 Å². The van der Waals surface area contributed by atoms with Gasteiger partial charge in [0.25, 0.3) is 0 Å². The molecule has 1 aliphatic heterocycles. The van der Waals surface area contributed by atoms with Gasteiger partial charge >= 0.3 is 7.12 Å². The highest BCUT2D eigenvalue weighted by molar-refractivity contribution is 6.62. The Balaban J connectivity index is 1.99. The number of carbonyl (C=O) groups excluding carboxylic acids is 1. The lowest BCUT2D eigenvalue weighted by Gasteiger charge is -2.32. The highest BCUT2D eigenvalue weighted by atomic mass is 16.7. The van der Waals surface area contributed by atoms with Crippen molar-refractivity contribution in [1.29, 1.82) is 0 Å². The normalized spacial score (nSPS) is 20.3. The first-order valence-corrected chi connectivity index (χ1v) is 7.99. The molecular weight excluding hydrogens is 293 g/mol. The van der Waals surface area contributed by atoms with E-state index in [-0.39, 0.29) is 36.2 Å². The van der Waals surface area contributed by atoms with Crippen molar-refractivity contribution in [3.8, 4) is 0 Å². The predicted molar refractivity (Wildman–Crippen MR) is 90.6 cm³/mol. The van der Waals surface area contributed by atoms with Gasteiger partial charge in [-0.2, -0.15) is 0 Å². The van der Waals surface area contributed by atoms with Crippen LogP contribution in [0.4, 0.5) is 0 Å². The molecule has 0 aromatic heterocycles. The molecule has 1 aromatic rings. The summed E-state index contributed by atoms with van der Waals surface area (Å²) in [6.45, 7) is 9.79. The van der Waals surface area contributed by atoms with Crippen LogP contribution in [0.5, 0.6) is 0 Å². The number of carbonyl (C=O) groups is 1. The maximum Gasteiger partial charge on any atom is 0.494 e. The van der Waals surface area contributed by atoms with E-state index in [4.69, 9.17) is 14.4 Å². The Morgan fingerprint density at radius 3 is 2.17 bits per heavy atom. The second kappa shape index (κ2) is 6.63. The zero-order chi connectivity index (χ0) is 17.3. The molecule has 1 fully saturated rings. The summed E-state index contributed by atoms with van der Waals surface area (Å²) in [5, 5.41) is 11.7. The van der Waals surface area contributed by atoms with Crippen LogP contribution in [0.15, 0.2) is 24.3 Å². The third-order valence-corrected chi connectivity index (χ3v) is 4.55. The minimum atomic E-state index is -0.391. The summed E-state index contributed by atoms with van der Waals surface area (Å²) in [7, 11) is -0.391. The van der Waals surface area contributed by atoms with Crippen molar-refractivity contribution in [3.05, 3.63) is 29.8 Å². The van der Waals surface area contributed by atoms with E-state index in [2.05, 4.69) is 5.32 Å². The minimum Gasteiger partial charge on any atom is -0.399 e. The van der Waals surface area contributed by atoms with E-state index in [0.717, 1.165) is 11.0 Å². The number of benzene rings is 1. The molecule has 0 saturated carbocycles. The molecule has 0 radical (unpaired) electrons. The summed E-state index contributed by atoms with van der Waals surface area (Å²) in [5.74, 6) is -0.102. The van der Waals surface area contributed by atoms with E-state index < -0.39 is 7.12 Å². The summed E-state index contributed by atoms with van der Waals surface area (Å²) in [5.41, 5.74) is 1.12. The Kier molecular flexibility index (Phi) is 5.18. The Morgan fingerprint density at radius 1 is 1.17 bits per heavy atom. The Morgan fingerprint density at radius 2 is 1.70 bits per heavy atom. The van der Waals surface area contributed by atoms with Gasteiger partial charge in [0.1, 0.15) is 0 Å². The van der Waals surface area contributed by atoms with E-state index in [0.29, 0.717) is 0 Å². The maximum atomic E-state index is 11.8. The van der Waals surface area contributed by atoms with Crippen LogP contribution >= 0.6 is 0 Å². The first-order chi connectivity index (χ1) is 10.6. The standard InChI is InChI=1S/C17H26BNO4/c1-12(11-20)19-15(21)10-13-6-8-14(9-7-13)18-22-16(2,3)17(4,5)23-18/h6-9,12,20H,10-11H2,1-5H3,(H,19,21). The molecule has 2 rings (SSSR count). The van der Waals surface area contributed by atoms with E-state index in [1.54, 1.807) is 6.92 Å². The Bertz CT molecular complexity index is 540. The van der Waals surface area contributed by atoms with Gasteiger partial charge in [0, 0.05) is 6.04 Å². The van der Waals surface area contributed by atoms with Crippen LogP contribution in [0.25, 0.3) is 0 Å². The van der Waals surface area contributed by atoms with E-state index in [9.17, 15) is 4.79 Å². The molecule has 5 nitrogen and oxygen atoms in total. The van der Waals surface area contributed by atoms with Gasteiger partial charge in [-0.25, -0.2) is 0 Å². The fourth-order valence-corrected chi connectivity index (χ4v) is 2.33. The number of aliphatic hydroxyl groups is 1. The van der Waals surface area contributed by atoms with E-state index in [1.807, 2.05) is 52.0 Å². The van der Waals surface area contributed by atoms with Gasteiger partial charge in [-0.05, 0) is 45.6 Å². The van der Waals surface area contributed by atoms with Crippen molar-refractivity contribution in [1.82, 2.24) is 5.32 Å². The third kappa shape index (κ3) is 4.13. The average molecular weight is 319 g/mol. The first-order valence-electron chi connectivity index (χ1n) is 7.99. The van der Waals surface area contributed by atoms with Crippen molar-refractivity contribution in [2.75, 3.05) is 6.61 Å². The van der Waals surface area contributed by atoms with Gasteiger partial charge in [-0.1, -0.05) is 24.3 Å². The summed E-state index contributed by atoms with van der Waals surface area (Å²) in [4.78, 5) is 11.8. The molecule has 1 saturated heterocycles. The zero-order valence-corrected chi connectivity index (χ0v) is 14.6. The quantitative estimate of drug-likeness (QED) is 0.796. The van der Waals surface area contributed by atoms with Gasteiger partial charge in [0.15, 0.2) is 0 Å². The molecule has 0 bridgehead atoms. The summed E-state index contributed by atoms with van der Waals surface area (Å²) in [6, 6.07) is 7.44. The fourth-order valence-electron chi connectivity index (χ4n) is 2.33. The molecule has 1 heterocycles. The van der Waals surface area contributed by atoms with Crippen molar-refractivity contribution in [2.45, 2.75) is 58.3 Å². The average Bonchev–Trinajstić information content (AvgIpc) is 2.68. The molecule has 1 aromatic carbocycles. The Labute approximate surface area is 138 Å². The van der Waals surface area contributed by atoms with Crippen molar-refractivity contribution in [3.63, 3.8) is 0 Å². The van der Waals surface area contributed by atoms with Crippen molar-refractivity contribution < 1.29 is 19.2 Å². The smallest absolute Gasteiger partial charge is 0.399 e. The number of hydrogen-bond donors (Lipinski definition) is 2. The number of rotatable bonds is 5. The van der Waals surface area contributed by atoms with Gasteiger partial charge in [0.2, 0.25) is 5.91 Å². The third-order valence-electron chi connectivity index (χ3n) is 4.55. The zero-order valence-electron chi connectivity index (χ0n) is 14.6. The number of hydrogen-bond acceptors (Lipinski definition) is 4. The van der Waals surface area contributed by atoms with Gasteiger partial charge in [-0.15, -0.1) is 0 Å². The molecule has 2 N–H and O–H groups in total. The summed E-state index contributed by atoms with van der Waals surface area (Å²) >= 11 is 0. The lowest BCUT2D eigenvalue weighted by Crippen LogP contribution is -2.41. The van der Waals surface area contributed by atoms with Gasteiger partial charge < -0.3 is 19.7 Å². The fraction of sp³-hybridized carbons (Fsp3) is 0.588. The van der Waals surface area contributed by atoms with Crippen LogP contribution in [-0.2, 0) is 20.5 Å². The van der Waals surface area contributed by atoms with Crippen molar-refractivity contribution >= 4 is 18.5 Å². The van der Waals surface area contributed by atoms with E-state index >= 15 is 0 Å². The van der Waals surface area contributed by atoms with Crippen LogP contribution < -0.4 is 10.8 Å². The van der Waals surface area contributed by atoms with Crippen LogP contribution in [0.3, 0.4) is 0 Å². The molecule has 126 valence electrons. The Hall–Kier alpha value is -1.37. The number of aliphatic hydroxyl groups excluding tert-OH is 1. The summed E-state index contributed by atoms with van der Waals surface area (Å²) < 4.78 is 12.0. The molecule has 1 amide bonds. The highest BCUT2D eigenvalue weighted by Crippen LogP contribution is 2.36. The second-order valence-electron chi connectivity index (χ2n) is 7.16. The molecular formula is C17H26BNO4. The molecule has 1 atom stereocenters. The molecule has 0 aliphatic carbocycles. The lowest BCUT2D eigenvalue weighted by molar-refractivity contribution is -0.121. The van der Waals surface area contributed by atoms with Gasteiger partial charge in [0.05, 0.1) is 24.2 Å². The van der Waals surface area contributed by atoms with E-state index in [1.165, 1.54) is 0 Å². The molecule has 6 heteroatoms.